The molecular formula is C19H29N3O5S. The molecule has 28 heavy (non-hydrogen) atoms. The number of carbonyl (C=O) groups excluding carboxylic acids is 1. The van der Waals surface area contributed by atoms with Gasteiger partial charge in [-0.15, -0.1) is 0 Å². The molecule has 0 aromatic heterocycles. The fraction of sp³-hybridized carbons (Fsp3) is 0.632. The molecule has 1 aromatic rings. The minimum absolute atomic E-state index is 0.120. The first-order valence-corrected chi connectivity index (χ1v) is 11.0. The normalized spacial score (nSPS) is 26.1. The van der Waals surface area contributed by atoms with Gasteiger partial charge in [0.25, 0.3) is 10.2 Å². The maximum absolute atomic E-state index is 13.1. The number of methoxy groups -OCH3 is 2. The largest absolute Gasteiger partial charge is 0.493 e. The number of carbonyl (C=O) groups is 1. The molecule has 0 aliphatic carbocycles. The van der Waals surface area contributed by atoms with Crippen molar-refractivity contribution in [3.8, 4) is 11.5 Å². The number of rotatable bonds is 4. The summed E-state index contributed by atoms with van der Waals surface area (Å²) >= 11 is 0. The molecule has 0 unspecified atom stereocenters. The summed E-state index contributed by atoms with van der Waals surface area (Å²) in [6.45, 7) is 3.54. The van der Waals surface area contributed by atoms with E-state index in [1.165, 1.54) is 14.2 Å². The maximum atomic E-state index is 13.1. The molecule has 2 fully saturated rings. The number of likely N-dealkylation sites (tertiary alicyclic amines) is 1. The van der Waals surface area contributed by atoms with E-state index in [9.17, 15) is 13.2 Å². The molecule has 2 aliphatic heterocycles. The zero-order valence-electron chi connectivity index (χ0n) is 16.8. The van der Waals surface area contributed by atoms with E-state index < -0.39 is 22.3 Å². The lowest BCUT2D eigenvalue weighted by molar-refractivity contribution is -0.137. The average molecular weight is 412 g/mol. The topological polar surface area (TPSA) is 88.2 Å². The van der Waals surface area contributed by atoms with Gasteiger partial charge in [-0.2, -0.15) is 17.4 Å². The second kappa shape index (κ2) is 8.26. The van der Waals surface area contributed by atoms with Crippen molar-refractivity contribution in [1.29, 1.82) is 0 Å². The molecule has 2 atom stereocenters. The molecule has 0 bridgehead atoms. The molecule has 156 valence electrons. The van der Waals surface area contributed by atoms with Gasteiger partial charge < -0.3 is 14.4 Å². The lowest BCUT2D eigenvalue weighted by atomic mass is 9.96. The number of piperidine rings is 1. The molecule has 2 saturated heterocycles. The Balaban J connectivity index is 1.86. The van der Waals surface area contributed by atoms with Crippen LogP contribution in [0.1, 0.15) is 37.8 Å². The molecule has 1 amide bonds. The van der Waals surface area contributed by atoms with Crippen molar-refractivity contribution in [3.05, 3.63) is 23.8 Å². The first kappa shape index (κ1) is 20.9. The van der Waals surface area contributed by atoms with Gasteiger partial charge in [-0.25, -0.2) is 0 Å². The van der Waals surface area contributed by atoms with Crippen molar-refractivity contribution in [2.24, 2.45) is 5.92 Å². The Morgan fingerprint density at radius 3 is 2.39 bits per heavy atom. The van der Waals surface area contributed by atoms with Gasteiger partial charge in [0.1, 0.15) is 6.04 Å². The fourth-order valence-corrected chi connectivity index (χ4v) is 5.09. The number of hydrogen-bond donors (Lipinski definition) is 1. The monoisotopic (exact) mass is 411 g/mol. The second-order valence-electron chi connectivity index (χ2n) is 7.57. The van der Waals surface area contributed by atoms with Crippen LogP contribution in [-0.4, -0.2) is 63.9 Å². The summed E-state index contributed by atoms with van der Waals surface area (Å²) in [6, 6.07) is 4.05. The predicted octanol–water partition coefficient (Wildman–Crippen LogP) is 1.54. The number of ether oxygens (including phenoxy) is 2. The molecule has 9 heteroatoms. The van der Waals surface area contributed by atoms with Crippen LogP contribution in [0.5, 0.6) is 11.5 Å². The Kier molecular flexibility index (Phi) is 6.16. The average Bonchev–Trinajstić information content (AvgIpc) is 2.69. The van der Waals surface area contributed by atoms with Crippen LogP contribution in [0.15, 0.2) is 18.2 Å². The van der Waals surface area contributed by atoms with E-state index in [-0.39, 0.29) is 5.91 Å². The quantitative estimate of drug-likeness (QED) is 0.812. The molecule has 3 rings (SSSR count). The van der Waals surface area contributed by atoms with E-state index in [4.69, 9.17) is 9.47 Å². The van der Waals surface area contributed by atoms with Crippen LogP contribution >= 0.6 is 0 Å². The summed E-state index contributed by atoms with van der Waals surface area (Å²) in [5.41, 5.74) is 0.736. The van der Waals surface area contributed by atoms with Gasteiger partial charge in [0.05, 0.1) is 20.3 Å². The molecule has 8 nitrogen and oxygen atoms in total. The van der Waals surface area contributed by atoms with E-state index in [0.717, 1.165) is 22.7 Å². The molecule has 0 radical (unpaired) electrons. The molecule has 2 heterocycles. The SMILES string of the molecule is COc1ccc([C@@H]2C[C@H](C(=O)N3CCC(C)CC3)N(C)S(=O)(=O)N2)cc1OC. The summed E-state index contributed by atoms with van der Waals surface area (Å²) in [4.78, 5) is 14.9. The molecular weight excluding hydrogens is 382 g/mol. The summed E-state index contributed by atoms with van der Waals surface area (Å²) < 4.78 is 39.8. The minimum atomic E-state index is -3.77. The number of nitrogens with zero attached hydrogens (tertiary/aromatic N) is 2. The number of hydrogen-bond acceptors (Lipinski definition) is 5. The molecule has 2 aliphatic rings. The molecule has 0 saturated carbocycles. The zero-order chi connectivity index (χ0) is 20.5. The summed E-state index contributed by atoms with van der Waals surface area (Å²) in [5, 5.41) is 0. The van der Waals surface area contributed by atoms with E-state index in [0.29, 0.717) is 36.9 Å². The lowest BCUT2D eigenvalue weighted by Gasteiger charge is -2.40. The molecule has 0 spiro atoms. The Morgan fingerprint density at radius 2 is 1.79 bits per heavy atom. The summed E-state index contributed by atoms with van der Waals surface area (Å²) in [6.07, 6.45) is 2.26. The number of amides is 1. The highest BCUT2D eigenvalue weighted by Crippen LogP contribution is 2.34. The fourth-order valence-electron chi connectivity index (χ4n) is 3.82. The molecule has 1 aromatic carbocycles. The molecule has 1 N–H and O–H groups in total. The third kappa shape index (κ3) is 4.11. The van der Waals surface area contributed by atoms with Crippen LogP contribution in [0, 0.1) is 5.92 Å². The standard InChI is InChI=1S/C19H29N3O5S/c1-13-7-9-22(10-8-13)19(23)16-12-15(20-28(24,25)21(16)2)14-5-6-17(26-3)18(11-14)27-4/h5-6,11,13,15-16,20H,7-10,12H2,1-4H3/t15-,16+/m0/s1. The first-order valence-electron chi connectivity index (χ1n) is 9.52. The van der Waals surface area contributed by atoms with Crippen LogP contribution in [0.3, 0.4) is 0 Å². The van der Waals surface area contributed by atoms with Gasteiger partial charge >= 0.3 is 0 Å². The zero-order valence-corrected chi connectivity index (χ0v) is 17.7. The van der Waals surface area contributed by atoms with Crippen LogP contribution in [0.2, 0.25) is 0 Å². The van der Waals surface area contributed by atoms with Crippen LogP contribution in [0.25, 0.3) is 0 Å². The van der Waals surface area contributed by atoms with Crippen LogP contribution in [0.4, 0.5) is 0 Å². The van der Waals surface area contributed by atoms with Crippen molar-refractivity contribution < 1.29 is 22.7 Å². The third-order valence-electron chi connectivity index (χ3n) is 5.76. The van der Waals surface area contributed by atoms with Gasteiger partial charge in [0, 0.05) is 20.1 Å². The first-order chi connectivity index (χ1) is 13.3. The van der Waals surface area contributed by atoms with Crippen molar-refractivity contribution in [3.63, 3.8) is 0 Å². The third-order valence-corrected chi connectivity index (χ3v) is 7.35. The smallest absolute Gasteiger partial charge is 0.280 e. The number of likely N-dealkylation sites (N-methyl/N-ethyl adjacent to an activating group) is 1. The maximum Gasteiger partial charge on any atom is 0.280 e. The highest BCUT2D eigenvalue weighted by molar-refractivity contribution is 7.87. The van der Waals surface area contributed by atoms with Gasteiger partial charge in [0.15, 0.2) is 11.5 Å². The van der Waals surface area contributed by atoms with Gasteiger partial charge in [-0.05, 0) is 42.9 Å². The van der Waals surface area contributed by atoms with Gasteiger partial charge in [0.2, 0.25) is 5.91 Å². The predicted molar refractivity (Wildman–Crippen MR) is 105 cm³/mol. The van der Waals surface area contributed by atoms with Crippen molar-refractivity contribution in [1.82, 2.24) is 13.9 Å². The Hall–Kier alpha value is -1.84. The van der Waals surface area contributed by atoms with Crippen molar-refractivity contribution >= 4 is 16.1 Å². The van der Waals surface area contributed by atoms with Crippen molar-refractivity contribution in [2.45, 2.75) is 38.3 Å². The Morgan fingerprint density at radius 1 is 1.14 bits per heavy atom. The highest BCUT2D eigenvalue weighted by atomic mass is 32.2. The second-order valence-corrected chi connectivity index (χ2v) is 9.33. The number of benzene rings is 1. The van der Waals surface area contributed by atoms with E-state index in [1.54, 1.807) is 30.2 Å². The van der Waals surface area contributed by atoms with Gasteiger partial charge in [-0.3, -0.25) is 4.79 Å². The highest BCUT2D eigenvalue weighted by Gasteiger charge is 2.42. The van der Waals surface area contributed by atoms with Crippen LogP contribution < -0.4 is 14.2 Å². The van der Waals surface area contributed by atoms with Crippen LogP contribution in [-0.2, 0) is 15.0 Å². The summed E-state index contributed by atoms with van der Waals surface area (Å²) in [5.74, 6) is 1.56. The summed E-state index contributed by atoms with van der Waals surface area (Å²) in [7, 11) is 0.764. The van der Waals surface area contributed by atoms with E-state index in [2.05, 4.69) is 11.6 Å². The number of nitrogens with one attached hydrogen (secondary N) is 1. The minimum Gasteiger partial charge on any atom is -0.493 e. The Bertz CT molecular complexity index is 821. The lowest BCUT2D eigenvalue weighted by Crippen LogP contribution is -2.58. The Labute approximate surface area is 167 Å². The van der Waals surface area contributed by atoms with Crippen molar-refractivity contribution in [2.75, 3.05) is 34.4 Å². The van der Waals surface area contributed by atoms with E-state index in [1.807, 2.05) is 0 Å². The van der Waals surface area contributed by atoms with Gasteiger partial charge in [-0.1, -0.05) is 13.0 Å². The van der Waals surface area contributed by atoms with E-state index >= 15 is 0 Å².